The number of rotatable bonds is 3. The monoisotopic (exact) mass is 327 g/mol. The summed E-state index contributed by atoms with van der Waals surface area (Å²) in [5, 5.41) is 14.0. The van der Waals surface area contributed by atoms with Crippen molar-refractivity contribution in [2.45, 2.75) is 18.9 Å². The molecule has 19 heavy (non-hydrogen) atoms. The second-order valence-corrected chi connectivity index (χ2v) is 5.43. The molecule has 1 saturated heterocycles. The van der Waals surface area contributed by atoms with Crippen LogP contribution >= 0.6 is 15.9 Å². The normalized spacial score (nSPS) is 19.4. The van der Waals surface area contributed by atoms with E-state index < -0.39 is 4.92 Å². The SMILES string of the molecule is CN1CC(Nc2ccc([N+](=O)[O-])cc2Br)CCC1=O. The third-order valence-electron chi connectivity index (χ3n) is 3.15. The molecule has 0 saturated carbocycles. The molecule has 2 rings (SSSR count). The number of nitrogens with zero attached hydrogens (tertiary/aromatic N) is 2. The Bertz CT molecular complexity index is 521. The number of anilines is 1. The number of hydrogen-bond acceptors (Lipinski definition) is 4. The first-order valence-corrected chi connectivity index (χ1v) is 6.71. The van der Waals surface area contributed by atoms with Crippen LogP contribution in [0, 0.1) is 10.1 Å². The number of benzene rings is 1. The Morgan fingerprint density at radius 1 is 1.53 bits per heavy atom. The molecule has 0 bridgehead atoms. The lowest BCUT2D eigenvalue weighted by molar-refractivity contribution is -0.384. The average Bonchev–Trinajstić information content (AvgIpc) is 2.36. The van der Waals surface area contributed by atoms with Crippen LogP contribution in [0.3, 0.4) is 0 Å². The van der Waals surface area contributed by atoms with Crippen LogP contribution in [0.4, 0.5) is 11.4 Å². The van der Waals surface area contributed by atoms with Gasteiger partial charge < -0.3 is 10.2 Å². The van der Waals surface area contributed by atoms with Gasteiger partial charge in [-0.25, -0.2) is 0 Å². The third kappa shape index (κ3) is 3.23. The van der Waals surface area contributed by atoms with E-state index >= 15 is 0 Å². The number of carbonyl (C=O) groups excluding carboxylic acids is 1. The van der Waals surface area contributed by atoms with Crippen LogP contribution in [0.15, 0.2) is 22.7 Å². The number of amides is 1. The minimum Gasteiger partial charge on any atom is -0.380 e. The second kappa shape index (κ2) is 5.56. The minimum atomic E-state index is -0.429. The molecule has 7 heteroatoms. The van der Waals surface area contributed by atoms with Crippen molar-refractivity contribution in [1.82, 2.24) is 4.90 Å². The highest BCUT2D eigenvalue weighted by molar-refractivity contribution is 9.10. The third-order valence-corrected chi connectivity index (χ3v) is 3.81. The van der Waals surface area contributed by atoms with E-state index in [2.05, 4.69) is 21.2 Å². The molecular formula is C12H14BrN3O3. The number of hydrogen-bond donors (Lipinski definition) is 1. The van der Waals surface area contributed by atoms with E-state index in [-0.39, 0.29) is 17.6 Å². The Hall–Kier alpha value is -1.63. The van der Waals surface area contributed by atoms with Crippen LogP contribution in [0.5, 0.6) is 0 Å². The summed E-state index contributed by atoms with van der Waals surface area (Å²) < 4.78 is 0.654. The molecule has 1 unspecified atom stereocenters. The molecule has 102 valence electrons. The van der Waals surface area contributed by atoms with Crippen molar-refractivity contribution < 1.29 is 9.72 Å². The molecule has 0 radical (unpaired) electrons. The fraction of sp³-hybridized carbons (Fsp3) is 0.417. The van der Waals surface area contributed by atoms with Gasteiger partial charge in [0.2, 0.25) is 5.91 Å². The van der Waals surface area contributed by atoms with Crippen molar-refractivity contribution in [2.24, 2.45) is 0 Å². The molecule has 1 N–H and O–H groups in total. The predicted octanol–water partition coefficient (Wildman–Crippen LogP) is 2.39. The Morgan fingerprint density at radius 3 is 2.84 bits per heavy atom. The molecule has 1 aromatic rings. The first-order valence-electron chi connectivity index (χ1n) is 5.92. The molecule has 1 aliphatic rings. The molecule has 0 spiro atoms. The van der Waals surface area contributed by atoms with E-state index in [9.17, 15) is 14.9 Å². The van der Waals surface area contributed by atoms with Crippen LogP contribution < -0.4 is 5.32 Å². The standard InChI is InChI=1S/C12H14BrN3O3/c1-15-7-8(2-5-12(15)17)14-11-4-3-9(16(18)19)6-10(11)13/h3-4,6,8,14H,2,5,7H2,1H3. The number of carbonyl (C=O) groups is 1. The Balaban J connectivity index is 2.07. The van der Waals surface area contributed by atoms with Crippen molar-refractivity contribution in [3.8, 4) is 0 Å². The van der Waals surface area contributed by atoms with Crippen molar-refractivity contribution in [2.75, 3.05) is 18.9 Å². The van der Waals surface area contributed by atoms with Crippen LogP contribution in [-0.2, 0) is 4.79 Å². The second-order valence-electron chi connectivity index (χ2n) is 4.58. The molecule has 1 atom stereocenters. The zero-order valence-electron chi connectivity index (χ0n) is 10.4. The van der Waals surface area contributed by atoms with Gasteiger partial charge in [0.1, 0.15) is 0 Å². The maximum absolute atomic E-state index is 11.4. The highest BCUT2D eigenvalue weighted by Gasteiger charge is 2.23. The van der Waals surface area contributed by atoms with Gasteiger partial charge >= 0.3 is 0 Å². The van der Waals surface area contributed by atoms with Crippen molar-refractivity contribution >= 4 is 33.2 Å². The van der Waals surface area contributed by atoms with E-state index in [1.165, 1.54) is 12.1 Å². The molecule has 1 amide bonds. The fourth-order valence-corrected chi connectivity index (χ4v) is 2.57. The quantitative estimate of drug-likeness (QED) is 0.683. The van der Waals surface area contributed by atoms with Gasteiger partial charge in [0.15, 0.2) is 0 Å². The van der Waals surface area contributed by atoms with Crippen LogP contribution in [0.1, 0.15) is 12.8 Å². The van der Waals surface area contributed by atoms with E-state index in [1.807, 2.05) is 0 Å². The fourth-order valence-electron chi connectivity index (χ4n) is 2.08. The van der Waals surface area contributed by atoms with Gasteiger partial charge in [-0.1, -0.05) is 0 Å². The Morgan fingerprint density at radius 2 is 2.26 bits per heavy atom. The van der Waals surface area contributed by atoms with Crippen LogP contribution in [0.2, 0.25) is 0 Å². The lowest BCUT2D eigenvalue weighted by atomic mass is 10.1. The molecule has 1 fully saturated rings. The zero-order chi connectivity index (χ0) is 14.0. The molecule has 1 aromatic carbocycles. The molecule has 1 aliphatic heterocycles. The summed E-state index contributed by atoms with van der Waals surface area (Å²) >= 11 is 3.32. The summed E-state index contributed by atoms with van der Waals surface area (Å²) in [6.45, 7) is 0.641. The van der Waals surface area contributed by atoms with Crippen molar-refractivity contribution in [1.29, 1.82) is 0 Å². The number of likely N-dealkylation sites (N-methyl/N-ethyl adjacent to an activating group) is 1. The van der Waals surface area contributed by atoms with Crippen molar-refractivity contribution in [3.63, 3.8) is 0 Å². The van der Waals surface area contributed by atoms with E-state index in [1.54, 1.807) is 18.0 Å². The van der Waals surface area contributed by atoms with Crippen LogP contribution in [0.25, 0.3) is 0 Å². The Kier molecular flexibility index (Phi) is 4.04. The number of nitrogens with one attached hydrogen (secondary N) is 1. The molecule has 0 aliphatic carbocycles. The summed E-state index contributed by atoms with van der Waals surface area (Å²) in [5.41, 5.74) is 0.853. The first-order chi connectivity index (χ1) is 8.97. The highest BCUT2D eigenvalue weighted by Crippen LogP contribution is 2.28. The van der Waals surface area contributed by atoms with E-state index in [0.717, 1.165) is 12.1 Å². The maximum Gasteiger partial charge on any atom is 0.270 e. The van der Waals surface area contributed by atoms with Crippen LogP contribution in [-0.4, -0.2) is 35.4 Å². The molecular weight excluding hydrogens is 314 g/mol. The van der Waals surface area contributed by atoms with Gasteiger partial charge in [-0.15, -0.1) is 0 Å². The summed E-state index contributed by atoms with van der Waals surface area (Å²) in [6.07, 6.45) is 1.30. The summed E-state index contributed by atoms with van der Waals surface area (Å²) in [5.74, 6) is 0.154. The van der Waals surface area contributed by atoms with E-state index in [4.69, 9.17) is 0 Å². The summed E-state index contributed by atoms with van der Waals surface area (Å²) in [6, 6.07) is 4.78. The summed E-state index contributed by atoms with van der Waals surface area (Å²) in [7, 11) is 1.78. The van der Waals surface area contributed by atoms with E-state index in [0.29, 0.717) is 17.4 Å². The molecule has 1 heterocycles. The number of piperidine rings is 1. The first kappa shape index (κ1) is 13.8. The molecule has 0 aromatic heterocycles. The molecule has 6 nitrogen and oxygen atoms in total. The highest BCUT2D eigenvalue weighted by atomic mass is 79.9. The number of halogens is 1. The predicted molar refractivity (Wildman–Crippen MR) is 75.1 cm³/mol. The largest absolute Gasteiger partial charge is 0.380 e. The maximum atomic E-state index is 11.4. The smallest absolute Gasteiger partial charge is 0.270 e. The zero-order valence-corrected chi connectivity index (χ0v) is 12.0. The van der Waals surface area contributed by atoms with Crippen molar-refractivity contribution in [3.05, 3.63) is 32.8 Å². The van der Waals surface area contributed by atoms with Gasteiger partial charge in [-0.2, -0.15) is 0 Å². The van der Waals surface area contributed by atoms with Gasteiger partial charge in [-0.05, 0) is 28.4 Å². The topological polar surface area (TPSA) is 75.5 Å². The van der Waals surface area contributed by atoms with Gasteiger partial charge in [-0.3, -0.25) is 14.9 Å². The lowest BCUT2D eigenvalue weighted by Gasteiger charge is -2.31. The summed E-state index contributed by atoms with van der Waals surface area (Å²) in [4.78, 5) is 23.3. The Labute approximate surface area is 119 Å². The number of nitro groups is 1. The number of nitro benzene ring substituents is 1. The number of non-ortho nitro benzene ring substituents is 1. The lowest BCUT2D eigenvalue weighted by Crippen LogP contribution is -2.43. The van der Waals surface area contributed by atoms with Gasteiger partial charge in [0.05, 0.1) is 4.92 Å². The van der Waals surface area contributed by atoms with Gasteiger partial charge in [0, 0.05) is 48.3 Å². The minimum absolute atomic E-state index is 0.0494. The average molecular weight is 328 g/mol. The number of likely N-dealkylation sites (tertiary alicyclic amines) is 1. The van der Waals surface area contributed by atoms with Gasteiger partial charge in [0.25, 0.3) is 5.69 Å².